The van der Waals surface area contributed by atoms with E-state index in [2.05, 4.69) is 238 Å². The van der Waals surface area contributed by atoms with E-state index in [1.807, 2.05) is 0 Å². The third-order valence-electron chi connectivity index (χ3n) is 19.6. The molecule has 8 heteroatoms. The maximum atomic E-state index is 3.87. The van der Waals surface area contributed by atoms with E-state index in [0.29, 0.717) is 11.8 Å². The van der Waals surface area contributed by atoms with Crippen LogP contribution in [0.25, 0.3) is 48.6 Å². The Hall–Kier alpha value is -7.32. The molecule has 0 spiro atoms. The second-order valence-electron chi connectivity index (χ2n) is 23.1. The molecule has 16 bridgehead atoms. The first-order chi connectivity index (χ1) is 35.0. The van der Waals surface area contributed by atoms with Crippen molar-refractivity contribution in [3.8, 4) is 0 Å². The Morgan fingerprint density at radius 1 is 0.297 bits per heavy atom. The molecule has 6 aromatic rings. The van der Waals surface area contributed by atoms with Gasteiger partial charge in [0.2, 0.25) is 0 Å². The average molecular weight is 981 g/mol. The quantitative estimate of drug-likeness (QED) is 0.0774. The molecule has 0 amide bonds. The second-order valence-corrected chi connectivity index (χ2v) is 23.1. The van der Waals surface area contributed by atoms with E-state index in [9.17, 15) is 0 Å². The molecule has 12 rings (SSSR count). The Morgan fingerprint density at radius 3 is 0.811 bits per heavy atom. The number of hydrogen-bond donors (Lipinski definition) is 8. The molecule has 4 unspecified atom stereocenters. The molecule has 0 saturated carbocycles. The molecule has 4 aliphatic heterocycles. The maximum Gasteiger partial charge on any atom is 0.0445 e. The van der Waals surface area contributed by atoms with Crippen LogP contribution in [0.1, 0.15) is 154 Å². The summed E-state index contributed by atoms with van der Waals surface area (Å²) < 4.78 is 0. The summed E-state index contributed by atoms with van der Waals surface area (Å²) in [5.74, 6) is 0.777. The predicted octanol–water partition coefficient (Wildman–Crippen LogP) is 12.0. The molecule has 8 N–H and O–H groups in total. The number of fused-ring (bicyclic) bond motifs is 22. The Bertz CT molecular complexity index is 3730. The van der Waals surface area contributed by atoms with E-state index in [4.69, 9.17) is 0 Å². The Balaban J connectivity index is 0.000000159. The summed E-state index contributed by atoms with van der Waals surface area (Å²) >= 11 is 0. The Kier molecular flexibility index (Phi) is 11.3. The molecule has 380 valence electrons. The van der Waals surface area contributed by atoms with Crippen LogP contribution < -0.4 is 32.0 Å². The van der Waals surface area contributed by atoms with Crippen LogP contribution >= 0.6 is 0 Å². The molecule has 8 nitrogen and oxygen atoms in total. The van der Waals surface area contributed by atoms with Crippen molar-refractivity contribution in [2.24, 2.45) is 22.7 Å². The average Bonchev–Trinajstić information content (AvgIpc) is 4.21. The SMILES string of the molecule is CC1=CC=C2C3=Cc4[nH]c(c(C)c4C)C=c4[nH]c(c(C)c4C)=Cc4[nH]c(c(C)c4C)C=C(N3)C2(C)C1C.CC1=CC=C2C3=Cc4[nH]c(c(C)c4C)C=c4[nH]c(c(C)c4C)=Cc4[nH]c(c(C)c4C)C=C(N3)C2(C)C1C. The molecule has 10 heterocycles. The van der Waals surface area contributed by atoms with Crippen molar-refractivity contribution in [3.05, 3.63) is 203 Å². The topological polar surface area (TPSA) is 119 Å². The van der Waals surface area contributed by atoms with Gasteiger partial charge in [-0.25, -0.2) is 0 Å². The number of allylic oxidation sites excluding steroid dienone is 10. The van der Waals surface area contributed by atoms with E-state index >= 15 is 0 Å². The van der Waals surface area contributed by atoms with Gasteiger partial charge in [-0.1, -0.05) is 49.3 Å². The highest BCUT2D eigenvalue weighted by molar-refractivity contribution is 5.75. The number of aromatic nitrogens is 6. The number of nitrogens with one attached hydrogen (secondary N) is 8. The zero-order valence-electron chi connectivity index (χ0n) is 47.1. The van der Waals surface area contributed by atoms with Crippen LogP contribution in [0.2, 0.25) is 0 Å². The molecule has 74 heavy (non-hydrogen) atoms. The number of aromatic amines is 6. The predicted molar refractivity (Wildman–Crippen MR) is 311 cm³/mol. The van der Waals surface area contributed by atoms with Crippen LogP contribution in [0.4, 0.5) is 0 Å². The largest absolute Gasteiger partial charge is 0.358 e. The van der Waals surface area contributed by atoms with Gasteiger partial charge in [-0.2, -0.15) is 0 Å². The van der Waals surface area contributed by atoms with Crippen LogP contribution in [0.3, 0.4) is 0 Å². The molecule has 2 saturated heterocycles. The Labute approximate surface area is 437 Å². The van der Waals surface area contributed by atoms with Gasteiger partial charge in [-0.05, 0) is 249 Å². The third-order valence-corrected chi connectivity index (χ3v) is 19.6. The lowest BCUT2D eigenvalue weighted by atomic mass is 9.66. The highest BCUT2D eigenvalue weighted by atomic mass is 15.0. The fraction of sp³-hybridized carbons (Fsp3) is 0.333. The van der Waals surface area contributed by atoms with E-state index in [1.54, 1.807) is 0 Å². The standard InChI is InChI=1S/2C33H38N4/c2*1-16-10-11-24-31-14-29-20(5)19(4)27(35-29)12-25-17(2)18(3)26(34-25)13-28-21(6)22(7)30(36-28)15-32(37-31)33(24,9)23(16)8/h2*10-15,23,34-37H,1-9H3. The minimum absolute atomic E-state index is 0.125. The van der Waals surface area contributed by atoms with Gasteiger partial charge in [0, 0.05) is 101 Å². The van der Waals surface area contributed by atoms with Gasteiger partial charge in [0.15, 0.2) is 0 Å². The lowest BCUT2D eigenvalue weighted by Crippen LogP contribution is -2.30. The summed E-state index contributed by atoms with van der Waals surface area (Å²) in [5.41, 5.74) is 34.8. The zero-order valence-corrected chi connectivity index (χ0v) is 47.1. The smallest absolute Gasteiger partial charge is 0.0445 e. The Morgan fingerprint density at radius 2 is 0.541 bits per heavy atom. The van der Waals surface area contributed by atoms with Crippen LogP contribution in [0.5, 0.6) is 0 Å². The van der Waals surface area contributed by atoms with E-state index in [0.717, 1.165) is 55.6 Å². The van der Waals surface area contributed by atoms with Crippen LogP contribution in [-0.4, -0.2) is 29.9 Å². The molecule has 6 aliphatic rings. The highest BCUT2D eigenvalue weighted by Crippen LogP contribution is 2.56. The van der Waals surface area contributed by atoms with Crippen molar-refractivity contribution >= 4 is 48.6 Å². The molecule has 0 aromatic carbocycles. The summed E-state index contributed by atoms with van der Waals surface area (Å²) in [6.07, 6.45) is 27.6. The van der Waals surface area contributed by atoms with Crippen molar-refractivity contribution in [1.29, 1.82) is 0 Å². The van der Waals surface area contributed by atoms with Crippen LogP contribution in [-0.2, 0) is 0 Å². The highest BCUT2D eigenvalue weighted by Gasteiger charge is 2.49. The van der Waals surface area contributed by atoms with Crippen molar-refractivity contribution < 1.29 is 0 Å². The summed E-state index contributed by atoms with van der Waals surface area (Å²) in [4.78, 5) is 22.4. The maximum absolute atomic E-state index is 3.87. The van der Waals surface area contributed by atoms with Gasteiger partial charge in [0.1, 0.15) is 0 Å². The van der Waals surface area contributed by atoms with Gasteiger partial charge in [0.05, 0.1) is 0 Å². The fourth-order valence-electron chi connectivity index (χ4n) is 12.5. The molecular weight excluding hydrogens is 905 g/mol. The van der Waals surface area contributed by atoms with Gasteiger partial charge < -0.3 is 40.5 Å². The summed E-state index contributed by atoms with van der Waals surface area (Å²) in [6.45, 7) is 40.6. The third kappa shape index (κ3) is 7.21. The van der Waals surface area contributed by atoms with Crippen LogP contribution in [0, 0.1) is 106 Å². The minimum atomic E-state index is -0.125. The van der Waals surface area contributed by atoms with Crippen LogP contribution in [0.15, 0.2) is 69.4 Å². The van der Waals surface area contributed by atoms with E-state index in [-0.39, 0.29) is 10.8 Å². The lowest BCUT2D eigenvalue weighted by Gasteiger charge is -2.36. The molecule has 4 atom stereocenters. The van der Waals surface area contributed by atoms with Crippen molar-refractivity contribution in [2.45, 2.75) is 125 Å². The summed E-state index contributed by atoms with van der Waals surface area (Å²) in [6, 6.07) is 0. The molecule has 2 fully saturated rings. The number of rotatable bonds is 0. The molecule has 2 aliphatic carbocycles. The summed E-state index contributed by atoms with van der Waals surface area (Å²) in [7, 11) is 0. The number of hydrogen-bond acceptors (Lipinski definition) is 2. The molecular formula is C66H76N8. The second kappa shape index (κ2) is 17.1. The molecule has 0 radical (unpaired) electrons. The molecule has 6 aromatic heterocycles. The fourth-order valence-corrected chi connectivity index (χ4v) is 12.5. The van der Waals surface area contributed by atoms with Gasteiger partial charge in [0.25, 0.3) is 0 Å². The van der Waals surface area contributed by atoms with Crippen molar-refractivity contribution in [2.75, 3.05) is 0 Å². The number of H-pyrrole nitrogens is 6. The van der Waals surface area contributed by atoms with Crippen molar-refractivity contribution in [1.82, 2.24) is 40.5 Å². The zero-order chi connectivity index (χ0) is 52.8. The summed E-state index contributed by atoms with van der Waals surface area (Å²) in [5, 5.41) is 12.4. The lowest BCUT2D eigenvalue weighted by molar-refractivity contribution is 0.368. The monoisotopic (exact) mass is 981 g/mol. The first-order valence-electron chi connectivity index (χ1n) is 26.7. The minimum Gasteiger partial charge on any atom is -0.358 e. The van der Waals surface area contributed by atoms with Gasteiger partial charge in [-0.15, -0.1) is 0 Å². The first-order valence-corrected chi connectivity index (χ1v) is 26.7. The van der Waals surface area contributed by atoms with Crippen molar-refractivity contribution in [3.63, 3.8) is 0 Å². The normalized spacial score (nSPS) is 22.2. The van der Waals surface area contributed by atoms with E-state index < -0.39 is 0 Å². The van der Waals surface area contributed by atoms with Gasteiger partial charge in [-0.3, -0.25) is 0 Å². The van der Waals surface area contributed by atoms with Gasteiger partial charge >= 0.3 is 0 Å². The van der Waals surface area contributed by atoms with E-state index in [1.165, 1.54) is 123 Å². The first kappa shape index (κ1) is 48.9.